The number of hydrogen-bond donors (Lipinski definition) is 1. The lowest BCUT2D eigenvalue weighted by molar-refractivity contribution is -0.115. The first-order chi connectivity index (χ1) is 14.1. The summed E-state index contributed by atoms with van der Waals surface area (Å²) in [6.45, 7) is 4.16. The highest BCUT2D eigenvalue weighted by atomic mass is 32.2. The van der Waals surface area contributed by atoms with E-state index in [4.69, 9.17) is 4.74 Å². The van der Waals surface area contributed by atoms with E-state index < -0.39 is 5.97 Å². The lowest BCUT2D eigenvalue weighted by atomic mass is 10.1. The number of carbonyl (C=O) groups excluding carboxylic acids is 2. The largest absolute Gasteiger partial charge is 0.462 e. The van der Waals surface area contributed by atoms with Crippen molar-refractivity contribution >= 4 is 40.7 Å². The molecule has 0 spiro atoms. The average molecular weight is 426 g/mol. The molecule has 0 saturated carbocycles. The first kappa shape index (κ1) is 21.1. The molecular weight excluding hydrogens is 402 g/mol. The minimum Gasteiger partial charge on any atom is -0.462 e. The van der Waals surface area contributed by atoms with E-state index in [9.17, 15) is 9.59 Å². The number of thioether (sulfide) groups is 1. The normalized spacial score (nSPS) is 10.6. The predicted molar refractivity (Wildman–Crippen MR) is 121 cm³/mol. The summed E-state index contributed by atoms with van der Waals surface area (Å²) in [7, 11) is 0. The van der Waals surface area contributed by atoms with Crippen LogP contribution >= 0.6 is 23.1 Å². The highest BCUT2D eigenvalue weighted by molar-refractivity contribution is 7.99. The Kier molecular flexibility index (Phi) is 7.49. The van der Waals surface area contributed by atoms with Gasteiger partial charge in [0.25, 0.3) is 0 Å². The number of nitrogens with one attached hydrogen (secondary N) is 1. The molecule has 4 nitrogen and oxygen atoms in total. The van der Waals surface area contributed by atoms with E-state index >= 15 is 0 Å². The molecule has 0 aliphatic carbocycles. The topological polar surface area (TPSA) is 55.4 Å². The molecule has 1 aromatic heterocycles. The van der Waals surface area contributed by atoms with Crippen LogP contribution in [-0.2, 0) is 16.0 Å². The minimum atomic E-state index is -0.420. The molecule has 1 heterocycles. The van der Waals surface area contributed by atoms with E-state index in [2.05, 4.69) is 12.2 Å². The summed E-state index contributed by atoms with van der Waals surface area (Å²) in [5.74, 6) is 0.429. The standard InChI is InChI=1S/C23H23NO3S2/c1-3-27-23(26)22-19(15-20(29-22)17-8-6-5-7-9-17)24-21(25)14-16-10-12-18(13-11-16)28-4-2/h5-13,15H,3-4,14H2,1-2H3,(H,24,25). The summed E-state index contributed by atoms with van der Waals surface area (Å²) in [5.41, 5.74) is 2.42. The molecule has 0 saturated heterocycles. The first-order valence-electron chi connectivity index (χ1n) is 9.48. The maximum Gasteiger partial charge on any atom is 0.350 e. The van der Waals surface area contributed by atoms with Gasteiger partial charge in [-0.1, -0.05) is 49.4 Å². The quantitative estimate of drug-likeness (QED) is 0.361. The van der Waals surface area contributed by atoms with Gasteiger partial charge in [0.15, 0.2) is 0 Å². The zero-order chi connectivity index (χ0) is 20.6. The van der Waals surface area contributed by atoms with Gasteiger partial charge in [-0.15, -0.1) is 23.1 Å². The van der Waals surface area contributed by atoms with Crippen molar-refractivity contribution in [3.8, 4) is 10.4 Å². The van der Waals surface area contributed by atoms with E-state index in [0.717, 1.165) is 21.8 Å². The zero-order valence-electron chi connectivity index (χ0n) is 16.4. The molecule has 2 aromatic carbocycles. The number of rotatable bonds is 8. The molecule has 0 bridgehead atoms. The molecule has 0 aliphatic heterocycles. The number of benzene rings is 2. The fourth-order valence-corrected chi connectivity index (χ4v) is 4.50. The van der Waals surface area contributed by atoms with Crippen LogP contribution in [0.2, 0.25) is 0 Å². The van der Waals surface area contributed by atoms with Crippen LogP contribution < -0.4 is 5.32 Å². The number of carbonyl (C=O) groups is 2. The smallest absolute Gasteiger partial charge is 0.350 e. The molecule has 3 aromatic rings. The zero-order valence-corrected chi connectivity index (χ0v) is 18.1. The third-order valence-electron chi connectivity index (χ3n) is 4.12. The third kappa shape index (κ3) is 5.71. The summed E-state index contributed by atoms with van der Waals surface area (Å²) in [4.78, 5) is 27.5. The van der Waals surface area contributed by atoms with E-state index in [-0.39, 0.29) is 18.9 Å². The van der Waals surface area contributed by atoms with Gasteiger partial charge in [0.1, 0.15) is 4.88 Å². The van der Waals surface area contributed by atoms with Crippen molar-refractivity contribution in [2.75, 3.05) is 17.7 Å². The third-order valence-corrected chi connectivity index (χ3v) is 6.18. The highest BCUT2D eigenvalue weighted by Gasteiger charge is 2.20. The van der Waals surface area contributed by atoms with Crippen molar-refractivity contribution in [3.63, 3.8) is 0 Å². The van der Waals surface area contributed by atoms with Gasteiger partial charge >= 0.3 is 5.97 Å². The molecule has 6 heteroatoms. The van der Waals surface area contributed by atoms with Gasteiger partial charge in [-0.25, -0.2) is 4.79 Å². The second-order valence-electron chi connectivity index (χ2n) is 6.24. The second kappa shape index (κ2) is 10.3. The van der Waals surface area contributed by atoms with Crippen LogP contribution in [0.25, 0.3) is 10.4 Å². The Bertz CT molecular complexity index is 966. The molecule has 0 fully saturated rings. The summed E-state index contributed by atoms with van der Waals surface area (Å²) in [6.07, 6.45) is 0.246. The Labute approximate surface area is 179 Å². The second-order valence-corrected chi connectivity index (χ2v) is 8.63. The fraction of sp³-hybridized carbons (Fsp3) is 0.217. The Morgan fingerprint density at radius 2 is 1.76 bits per heavy atom. The van der Waals surface area contributed by atoms with Crippen LogP contribution in [0, 0.1) is 0 Å². The van der Waals surface area contributed by atoms with Gasteiger partial charge in [0.05, 0.1) is 18.7 Å². The van der Waals surface area contributed by atoms with Gasteiger partial charge in [0, 0.05) is 9.77 Å². The molecular formula is C23H23NO3S2. The van der Waals surface area contributed by atoms with Gasteiger partial charge < -0.3 is 10.1 Å². The summed E-state index contributed by atoms with van der Waals surface area (Å²) in [5, 5.41) is 2.89. The number of esters is 1. The number of hydrogen-bond acceptors (Lipinski definition) is 5. The number of ether oxygens (including phenoxy) is 1. The number of anilines is 1. The van der Waals surface area contributed by atoms with Gasteiger partial charge in [-0.3, -0.25) is 4.79 Å². The predicted octanol–water partition coefficient (Wildman–Crippen LogP) is 5.89. The van der Waals surface area contributed by atoms with Gasteiger partial charge in [0.2, 0.25) is 5.91 Å². The van der Waals surface area contributed by atoms with Crippen molar-refractivity contribution in [1.82, 2.24) is 0 Å². The molecule has 150 valence electrons. The number of amides is 1. The van der Waals surface area contributed by atoms with Crippen LogP contribution in [-0.4, -0.2) is 24.2 Å². The molecule has 29 heavy (non-hydrogen) atoms. The molecule has 0 aliphatic rings. The molecule has 0 radical (unpaired) electrons. The van der Waals surface area contributed by atoms with E-state index in [0.29, 0.717) is 10.6 Å². The van der Waals surface area contributed by atoms with Crippen molar-refractivity contribution in [1.29, 1.82) is 0 Å². The summed E-state index contributed by atoms with van der Waals surface area (Å²) >= 11 is 3.09. The Hall–Kier alpha value is -2.57. The number of thiophene rings is 1. The SMILES string of the molecule is CCOC(=O)c1sc(-c2ccccc2)cc1NC(=O)Cc1ccc(SCC)cc1. The minimum absolute atomic E-state index is 0.163. The summed E-state index contributed by atoms with van der Waals surface area (Å²) < 4.78 is 5.17. The van der Waals surface area contributed by atoms with Gasteiger partial charge in [-0.05, 0) is 42.0 Å². The maximum absolute atomic E-state index is 12.6. The maximum atomic E-state index is 12.6. The van der Waals surface area contributed by atoms with Crippen LogP contribution in [0.4, 0.5) is 5.69 Å². The lowest BCUT2D eigenvalue weighted by Crippen LogP contribution is -2.16. The average Bonchev–Trinajstić information content (AvgIpc) is 3.14. The van der Waals surface area contributed by atoms with Crippen LogP contribution in [0.1, 0.15) is 29.1 Å². The Morgan fingerprint density at radius 3 is 2.41 bits per heavy atom. The van der Waals surface area contributed by atoms with Crippen LogP contribution in [0.3, 0.4) is 0 Å². The highest BCUT2D eigenvalue weighted by Crippen LogP contribution is 2.35. The van der Waals surface area contributed by atoms with Crippen molar-refractivity contribution in [3.05, 3.63) is 71.1 Å². The first-order valence-corrected chi connectivity index (χ1v) is 11.3. The van der Waals surface area contributed by atoms with E-state index in [1.165, 1.54) is 16.2 Å². The Morgan fingerprint density at radius 1 is 1.03 bits per heavy atom. The van der Waals surface area contributed by atoms with Crippen LogP contribution in [0.15, 0.2) is 65.6 Å². The van der Waals surface area contributed by atoms with E-state index in [1.54, 1.807) is 18.7 Å². The Balaban J connectivity index is 1.78. The van der Waals surface area contributed by atoms with Crippen LogP contribution in [0.5, 0.6) is 0 Å². The van der Waals surface area contributed by atoms with Gasteiger partial charge in [-0.2, -0.15) is 0 Å². The summed E-state index contributed by atoms with van der Waals surface area (Å²) in [6, 6.07) is 19.6. The monoisotopic (exact) mass is 425 g/mol. The molecule has 0 unspecified atom stereocenters. The van der Waals surface area contributed by atoms with Crippen molar-refractivity contribution < 1.29 is 14.3 Å². The molecule has 3 rings (SSSR count). The lowest BCUT2D eigenvalue weighted by Gasteiger charge is -2.07. The van der Waals surface area contributed by atoms with Crippen molar-refractivity contribution in [2.24, 2.45) is 0 Å². The molecule has 1 amide bonds. The molecule has 1 N–H and O–H groups in total. The van der Waals surface area contributed by atoms with Crippen molar-refractivity contribution in [2.45, 2.75) is 25.2 Å². The fourth-order valence-electron chi connectivity index (χ4n) is 2.83. The van der Waals surface area contributed by atoms with E-state index in [1.807, 2.05) is 60.7 Å². The molecule has 0 atom stereocenters.